The van der Waals surface area contributed by atoms with Crippen molar-refractivity contribution in [3.63, 3.8) is 0 Å². The van der Waals surface area contributed by atoms with Gasteiger partial charge in [-0.05, 0) is 31.5 Å². The number of hydrogen-bond acceptors (Lipinski definition) is 7. The Bertz CT molecular complexity index is 782. The Morgan fingerprint density at radius 1 is 1.28 bits per heavy atom. The van der Waals surface area contributed by atoms with E-state index in [0.717, 1.165) is 5.56 Å². The van der Waals surface area contributed by atoms with Crippen molar-refractivity contribution in [2.75, 3.05) is 34.0 Å². The number of amides is 1. The van der Waals surface area contributed by atoms with E-state index >= 15 is 0 Å². The number of nitrogens with zero attached hydrogens (tertiary/aromatic N) is 3. The molecule has 0 aliphatic heterocycles. The predicted octanol–water partition coefficient (Wildman–Crippen LogP) is 1.48. The van der Waals surface area contributed by atoms with Crippen LogP contribution in [0.4, 0.5) is 0 Å². The maximum atomic E-state index is 12.1. The standard InChI is InChI=1S/C19H29N5O4.ClH/c1-5-28-9-8-21-18(25)12-24-19(13(2)20)22-17(23-24)11-14-6-7-15(26-3)16(10-14)27-4;/h6-7,10,13H,5,8-9,11-12,20H2,1-4H3,(H,21,25);1H/t13-;/m1./s1. The first-order valence-electron chi connectivity index (χ1n) is 9.23. The lowest BCUT2D eigenvalue weighted by molar-refractivity contribution is -0.122. The maximum absolute atomic E-state index is 12.1. The molecule has 2 rings (SSSR count). The second kappa shape index (κ2) is 12.3. The Hall–Kier alpha value is -2.36. The lowest BCUT2D eigenvalue weighted by Gasteiger charge is -2.09. The molecule has 0 saturated heterocycles. The van der Waals surface area contributed by atoms with Gasteiger partial charge in [-0.1, -0.05) is 6.07 Å². The third kappa shape index (κ3) is 7.19. The second-order valence-electron chi connectivity index (χ2n) is 6.25. The number of aromatic nitrogens is 3. The highest BCUT2D eigenvalue weighted by Crippen LogP contribution is 2.28. The van der Waals surface area contributed by atoms with Crippen LogP contribution in [0.5, 0.6) is 11.5 Å². The molecule has 0 radical (unpaired) electrons. The summed E-state index contributed by atoms with van der Waals surface area (Å²) in [5, 5.41) is 7.27. The number of benzene rings is 1. The van der Waals surface area contributed by atoms with E-state index in [9.17, 15) is 4.79 Å². The molecule has 29 heavy (non-hydrogen) atoms. The second-order valence-corrected chi connectivity index (χ2v) is 6.25. The smallest absolute Gasteiger partial charge is 0.241 e. The van der Waals surface area contributed by atoms with E-state index < -0.39 is 0 Å². The Kier molecular flexibility index (Phi) is 10.4. The first kappa shape index (κ1) is 24.7. The zero-order valence-corrected chi connectivity index (χ0v) is 18.1. The summed E-state index contributed by atoms with van der Waals surface area (Å²) in [6, 6.07) is 5.30. The van der Waals surface area contributed by atoms with Gasteiger partial charge in [-0.3, -0.25) is 4.79 Å². The van der Waals surface area contributed by atoms with E-state index in [4.69, 9.17) is 19.9 Å². The minimum absolute atomic E-state index is 0. The van der Waals surface area contributed by atoms with E-state index in [1.165, 1.54) is 0 Å². The third-order valence-electron chi connectivity index (χ3n) is 4.03. The van der Waals surface area contributed by atoms with E-state index in [1.807, 2.05) is 32.0 Å². The van der Waals surface area contributed by atoms with Crippen LogP contribution in [0.2, 0.25) is 0 Å². The Morgan fingerprint density at radius 3 is 2.62 bits per heavy atom. The first-order valence-corrected chi connectivity index (χ1v) is 9.23. The van der Waals surface area contributed by atoms with Crippen LogP contribution >= 0.6 is 12.4 Å². The summed E-state index contributed by atoms with van der Waals surface area (Å²) in [5.74, 6) is 2.28. The number of nitrogens with two attached hydrogens (primary N) is 1. The van der Waals surface area contributed by atoms with Crippen molar-refractivity contribution >= 4 is 18.3 Å². The van der Waals surface area contributed by atoms with Gasteiger partial charge in [0, 0.05) is 19.6 Å². The summed E-state index contributed by atoms with van der Waals surface area (Å²) in [7, 11) is 3.18. The molecule has 1 atom stereocenters. The van der Waals surface area contributed by atoms with Crippen molar-refractivity contribution in [2.24, 2.45) is 5.73 Å². The molecule has 9 nitrogen and oxygen atoms in total. The summed E-state index contributed by atoms with van der Waals surface area (Å²) in [4.78, 5) is 16.7. The molecule has 10 heteroatoms. The van der Waals surface area contributed by atoms with Crippen LogP contribution in [0, 0.1) is 0 Å². The van der Waals surface area contributed by atoms with E-state index in [-0.39, 0.29) is 30.9 Å². The fourth-order valence-corrected chi connectivity index (χ4v) is 2.70. The number of nitrogens with one attached hydrogen (secondary N) is 1. The van der Waals surface area contributed by atoms with E-state index in [1.54, 1.807) is 18.9 Å². The highest BCUT2D eigenvalue weighted by atomic mass is 35.5. The number of halogens is 1. The van der Waals surface area contributed by atoms with Gasteiger partial charge in [0.25, 0.3) is 0 Å². The van der Waals surface area contributed by atoms with Gasteiger partial charge in [0.15, 0.2) is 17.3 Å². The van der Waals surface area contributed by atoms with Crippen LogP contribution in [0.25, 0.3) is 0 Å². The number of carbonyl (C=O) groups is 1. The third-order valence-corrected chi connectivity index (χ3v) is 4.03. The molecule has 0 spiro atoms. The van der Waals surface area contributed by atoms with E-state index in [2.05, 4.69) is 15.4 Å². The van der Waals surface area contributed by atoms with Crippen molar-refractivity contribution in [2.45, 2.75) is 32.9 Å². The molecule has 2 aromatic rings. The molecule has 162 valence electrons. The Labute approximate surface area is 177 Å². The number of hydrogen-bond donors (Lipinski definition) is 2. The molecule has 1 aromatic heterocycles. The van der Waals surface area contributed by atoms with Crippen LogP contribution < -0.4 is 20.5 Å². The lowest BCUT2D eigenvalue weighted by Crippen LogP contribution is -2.32. The maximum Gasteiger partial charge on any atom is 0.241 e. The van der Waals surface area contributed by atoms with Gasteiger partial charge < -0.3 is 25.3 Å². The summed E-state index contributed by atoms with van der Waals surface area (Å²) in [6.07, 6.45) is 0.485. The lowest BCUT2D eigenvalue weighted by atomic mass is 10.1. The molecule has 1 heterocycles. The molecule has 0 aliphatic rings. The van der Waals surface area contributed by atoms with Crippen molar-refractivity contribution in [3.05, 3.63) is 35.4 Å². The molecule has 0 aliphatic carbocycles. The number of rotatable bonds is 11. The summed E-state index contributed by atoms with van der Waals surface area (Å²) in [5.41, 5.74) is 6.97. The normalized spacial score (nSPS) is 11.5. The average molecular weight is 428 g/mol. The SMILES string of the molecule is CCOCCNC(=O)Cn1nc(Cc2ccc(OC)c(OC)c2)nc1[C@@H](C)N.Cl. The zero-order chi connectivity index (χ0) is 20.5. The van der Waals surface area contributed by atoms with Crippen LogP contribution in [-0.4, -0.2) is 54.6 Å². The first-order chi connectivity index (χ1) is 13.5. The minimum atomic E-state index is -0.345. The van der Waals surface area contributed by atoms with Crippen molar-refractivity contribution in [1.82, 2.24) is 20.1 Å². The van der Waals surface area contributed by atoms with Crippen molar-refractivity contribution in [3.8, 4) is 11.5 Å². The van der Waals surface area contributed by atoms with Gasteiger partial charge in [0.05, 0.1) is 26.9 Å². The average Bonchev–Trinajstić information content (AvgIpc) is 3.07. The van der Waals surface area contributed by atoms with Crippen molar-refractivity contribution in [1.29, 1.82) is 0 Å². The van der Waals surface area contributed by atoms with Gasteiger partial charge in [-0.25, -0.2) is 9.67 Å². The number of carbonyl (C=O) groups excluding carboxylic acids is 1. The fraction of sp³-hybridized carbons (Fsp3) is 0.526. The largest absolute Gasteiger partial charge is 0.493 e. The van der Waals surface area contributed by atoms with E-state index in [0.29, 0.717) is 49.3 Å². The number of methoxy groups -OCH3 is 2. The zero-order valence-electron chi connectivity index (χ0n) is 17.3. The highest BCUT2D eigenvalue weighted by Gasteiger charge is 2.17. The summed E-state index contributed by atoms with van der Waals surface area (Å²) < 4.78 is 17.4. The molecule has 0 fully saturated rings. The van der Waals surface area contributed by atoms with Crippen LogP contribution in [0.15, 0.2) is 18.2 Å². The van der Waals surface area contributed by atoms with Crippen molar-refractivity contribution < 1.29 is 19.0 Å². The number of ether oxygens (including phenoxy) is 3. The summed E-state index contributed by atoms with van der Waals surface area (Å²) >= 11 is 0. The summed E-state index contributed by atoms with van der Waals surface area (Å²) in [6.45, 7) is 5.33. The van der Waals surface area contributed by atoms with Gasteiger partial charge >= 0.3 is 0 Å². The molecule has 3 N–H and O–H groups in total. The molecular weight excluding hydrogens is 398 g/mol. The minimum Gasteiger partial charge on any atom is -0.493 e. The van der Waals surface area contributed by atoms with Gasteiger partial charge in [-0.15, -0.1) is 12.4 Å². The molecule has 1 aromatic carbocycles. The molecule has 0 bridgehead atoms. The van der Waals surface area contributed by atoms with Crippen LogP contribution in [0.3, 0.4) is 0 Å². The quantitative estimate of drug-likeness (QED) is 0.522. The highest BCUT2D eigenvalue weighted by molar-refractivity contribution is 5.85. The van der Waals surface area contributed by atoms with Crippen LogP contribution in [0.1, 0.15) is 37.1 Å². The predicted molar refractivity (Wildman–Crippen MR) is 112 cm³/mol. The van der Waals surface area contributed by atoms with Gasteiger partial charge in [0.2, 0.25) is 5.91 Å². The fourth-order valence-electron chi connectivity index (χ4n) is 2.70. The molecular formula is C19H30ClN5O4. The molecule has 0 saturated carbocycles. The van der Waals surface area contributed by atoms with Gasteiger partial charge in [0.1, 0.15) is 12.4 Å². The topological polar surface area (TPSA) is 114 Å². The Morgan fingerprint density at radius 2 is 2.00 bits per heavy atom. The molecule has 0 unspecified atom stereocenters. The van der Waals surface area contributed by atoms with Gasteiger partial charge in [-0.2, -0.15) is 5.10 Å². The molecule has 1 amide bonds. The van der Waals surface area contributed by atoms with Crippen LogP contribution in [-0.2, 0) is 22.5 Å². The monoisotopic (exact) mass is 427 g/mol. The Balaban J connectivity index is 0.00000420.